The Labute approximate surface area is 171 Å². The van der Waals surface area contributed by atoms with E-state index in [0.29, 0.717) is 35.7 Å². The van der Waals surface area contributed by atoms with Gasteiger partial charge in [0, 0.05) is 12.0 Å². The van der Waals surface area contributed by atoms with Crippen LogP contribution in [0.25, 0.3) is 0 Å². The quantitative estimate of drug-likeness (QED) is 0.717. The molecule has 0 fully saturated rings. The van der Waals surface area contributed by atoms with Gasteiger partial charge >= 0.3 is 0 Å². The highest BCUT2D eigenvalue weighted by molar-refractivity contribution is 7.92. The van der Waals surface area contributed by atoms with E-state index in [0.717, 1.165) is 22.5 Å². The van der Waals surface area contributed by atoms with Gasteiger partial charge in [0.15, 0.2) is 0 Å². The zero-order valence-electron chi connectivity index (χ0n) is 16.4. The maximum absolute atomic E-state index is 12.4. The lowest BCUT2D eigenvalue weighted by atomic mass is 9.98. The van der Waals surface area contributed by atoms with Crippen LogP contribution in [0.1, 0.15) is 30.5 Å². The first kappa shape index (κ1) is 21.1. The van der Waals surface area contributed by atoms with Crippen LogP contribution in [0.5, 0.6) is 5.75 Å². The SMILES string of the molecule is CCOc1ccc([C@H]2CC(c3ccccc3NS(C)(=O)=O)=NN2S(C)(=O)=O)cc1. The second kappa shape index (κ2) is 8.03. The van der Waals surface area contributed by atoms with Crippen LogP contribution in [-0.2, 0) is 20.0 Å². The highest BCUT2D eigenvalue weighted by Gasteiger charge is 2.35. The molecule has 1 N–H and O–H groups in total. The van der Waals surface area contributed by atoms with Crippen molar-refractivity contribution in [3.05, 3.63) is 59.7 Å². The number of hydrogen-bond donors (Lipinski definition) is 1. The summed E-state index contributed by atoms with van der Waals surface area (Å²) in [7, 11) is -7.13. The lowest BCUT2D eigenvalue weighted by Crippen LogP contribution is -2.25. The van der Waals surface area contributed by atoms with Gasteiger partial charge in [0.05, 0.1) is 36.6 Å². The number of nitrogens with zero attached hydrogens (tertiary/aromatic N) is 2. The van der Waals surface area contributed by atoms with Crippen LogP contribution < -0.4 is 9.46 Å². The van der Waals surface area contributed by atoms with E-state index in [9.17, 15) is 16.8 Å². The van der Waals surface area contributed by atoms with Gasteiger partial charge in [0.2, 0.25) is 20.0 Å². The van der Waals surface area contributed by atoms with E-state index >= 15 is 0 Å². The maximum atomic E-state index is 12.4. The number of rotatable bonds is 7. The van der Waals surface area contributed by atoms with Crippen LogP contribution >= 0.6 is 0 Å². The smallest absolute Gasteiger partial charge is 0.247 e. The number of sulfonamides is 2. The minimum atomic E-state index is -3.63. The normalized spacial score (nSPS) is 17.1. The molecular weight excluding hydrogens is 414 g/mol. The minimum Gasteiger partial charge on any atom is -0.494 e. The summed E-state index contributed by atoms with van der Waals surface area (Å²) in [6, 6.07) is 13.5. The molecule has 3 rings (SSSR count). The first-order chi connectivity index (χ1) is 13.6. The molecule has 0 saturated heterocycles. The van der Waals surface area contributed by atoms with E-state index in [1.54, 1.807) is 36.4 Å². The van der Waals surface area contributed by atoms with Gasteiger partial charge in [-0.1, -0.05) is 30.3 Å². The van der Waals surface area contributed by atoms with Crippen LogP contribution in [0.4, 0.5) is 5.69 Å². The van der Waals surface area contributed by atoms with Gasteiger partial charge in [-0.15, -0.1) is 0 Å². The van der Waals surface area contributed by atoms with Crippen molar-refractivity contribution in [2.75, 3.05) is 23.8 Å². The second-order valence-corrected chi connectivity index (χ2v) is 10.3. The summed E-state index contributed by atoms with van der Waals surface area (Å²) in [6.45, 7) is 2.42. The van der Waals surface area contributed by atoms with Crippen molar-refractivity contribution in [1.29, 1.82) is 0 Å². The summed E-state index contributed by atoms with van der Waals surface area (Å²) in [6.07, 6.45) is 2.47. The Kier molecular flexibility index (Phi) is 5.85. The molecule has 0 unspecified atom stereocenters. The summed E-state index contributed by atoms with van der Waals surface area (Å²) in [5.74, 6) is 0.698. The predicted octanol–water partition coefficient (Wildman–Crippen LogP) is 2.57. The van der Waals surface area contributed by atoms with Crippen molar-refractivity contribution < 1.29 is 21.6 Å². The average Bonchev–Trinajstić information content (AvgIpc) is 3.07. The van der Waals surface area contributed by atoms with Crippen molar-refractivity contribution in [2.45, 2.75) is 19.4 Å². The zero-order chi connectivity index (χ0) is 21.2. The molecule has 0 bridgehead atoms. The van der Waals surface area contributed by atoms with Gasteiger partial charge in [-0.05, 0) is 30.7 Å². The molecule has 1 aliphatic rings. The molecule has 1 aliphatic heterocycles. The Morgan fingerprint density at radius 2 is 1.72 bits per heavy atom. The standard InChI is InChI=1S/C19H23N3O5S2/c1-4-27-15-11-9-14(10-12-15)19-13-18(20-22(19)29(3,25)26)16-7-5-6-8-17(16)21-28(2,23)24/h5-12,19,21H,4,13H2,1-3H3/t19-/m1/s1. The maximum Gasteiger partial charge on any atom is 0.247 e. The van der Waals surface area contributed by atoms with Gasteiger partial charge in [0.1, 0.15) is 5.75 Å². The first-order valence-corrected chi connectivity index (χ1v) is 12.7. The third-order valence-corrected chi connectivity index (χ3v) is 5.93. The third-order valence-electron chi connectivity index (χ3n) is 4.32. The monoisotopic (exact) mass is 437 g/mol. The highest BCUT2D eigenvalue weighted by Crippen LogP contribution is 2.36. The molecule has 10 heteroatoms. The molecular formula is C19H23N3O5S2. The van der Waals surface area contributed by atoms with E-state index in [1.807, 2.05) is 19.1 Å². The summed E-state index contributed by atoms with van der Waals surface area (Å²) in [5, 5.41) is 4.33. The molecule has 2 aromatic carbocycles. The molecule has 0 spiro atoms. The fourth-order valence-corrected chi connectivity index (χ4v) is 4.66. The Morgan fingerprint density at radius 3 is 2.31 bits per heavy atom. The summed E-state index contributed by atoms with van der Waals surface area (Å²) < 4.78 is 57.1. The average molecular weight is 438 g/mol. The highest BCUT2D eigenvalue weighted by atomic mass is 32.2. The van der Waals surface area contributed by atoms with E-state index in [2.05, 4.69) is 9.82 Å². The number of nitrogens with one attached hydrogen (secondary N) is 1. The number of hydrazone groups is 1. The second-order valence-electron chi connectivity index (χ2n) is 6.72. The van der Waals surface area contributed by atoms with Crippen molar-refractivity contribution in [2.24, 2.45) is 5.10 Å². The van der Waals surface area contributed by atoms with Crippen molar-refractivity contribution in [3.8, 4) is 5.75 Å². The molecule has 156 valence electrons. The van der Waals surface area contributed by atoms with Gasteiger partial charge in [-0.2, -0.15) is 9.52 Å². The Morgan fingerprint density at radius 1 is 1.07 bits per heavy atom. The van der Waals surface area contributed by atoms with Crippen LogP contribution in [-0.4, -0.2) is 46.1 Å². The number of anilines is 1. The van der Waals surface area contributed by atoms with E-state index < -0.39 is 26.1 Å². The number of benzene rings is 2. The van der Waals surface area contributed by atoms with Gasteiger partial charge in [0.25, 0.3) is 0 Å². The topological polar surface area (TPSA) is 105 Å². The Hall–Kier alpha value is -2.59. The Balaban J connectivity index is 1.99. The largest absolute Gasteiger partial charge is 0.494 e. The van der Waals surface area contributed by atoms with Crippen LogP contribution in [0, 0.1) is 0 Å². The zero-order valence-corrected chi connectivity index (χ0v) is 18.0. The first-order valence-electron chi connectivity index (χ1n) is 8.95. The summed E-state index contributed by atoms with van der Waals surface area (Å²) >= 11 is 0. The molecule has 29 heavy (non-hydrogen) atoms. The van der Waals surface area contributed by atoms with Crippen molar-refractivity contribution >= 4 is 31.4 Å². The minimum absolute atomic E-state index is 0.309. The Bertz CT molecular complexity index is 1130. The summed E-state index contributed by atoms with van der Waals surface area (Å²) in [4.78, 5) is 0. The van der Waals surface area contributed by atoms with E-state index in [1.165, 1.54) is 0 Å². The van der Waals surface area contributed by atoms with E-state index in [4.69, 9.17) is 4.74 Å². The third kappa shape index (κ3) is 5.07. The number of hydrogen-bond acceptors (Lipinski definition) is 6. The number of para-hydroxylation sites is 1. The van der Waals surface area contributed by atoms with Gasteiger partial charge < -0.3 is 4.74 Å². The molecule has 1 heterocycles. The van der Waals surface area contributed by atoms with Crippen molar-refractivity contribution in [1.82, 2.24) is 4.41 Å². The molecule has 2 aromatic rings. The molecule has 0 saturated carbocycles. The lowest BCUT2D eigenvalue weighted by Gasteiger charge is -2.21. The molecule has 0 aromatic heterocycles. The van der Waals surface area contributed by atoms with Crippen LogP contribution in [0.3, 0.4) is 0 Å². The molecule has 1 atom stereocenters. The fourth-order valence-electron chi connectivity index (χ4n) is 3.18. The predicted molar refractivity (Wildman–Crippen MR) is 113 cm³/mol. The number of ether oxygens (including phenoxy) is 1. The van der Waals surface area contributed by atoms with E-state index in [-0.39, 0.29) is 0 Å². The fraction of sp³-hybridized carbons (Fsp3) is 0.316. The van der Waals surface area contributed by atoms with Crippen LogP contribution in [0.15, 0.2) is 53.6 Å². The molecule has 0 amide bonds. The lowest BCUT2D eigenvalue weighted by molar-refractivity contribution is 0.339. The van der Waals surface area contributed by atoms with Crippen molar-refractivity contribution in [3.63, 3.8) is 0 Å². The molecule has 8 nitrogen and oxygen atoms in total. The molecule has 0 aliphatic carbocycles. The summed E-state index contributed by atoms with van der Waals surface area (Å²) in [5.41, 5.74) is 2.15. The van der Waals surface area contributed by atoms with Gasteiger partial charge in [-0.25, -0.2) is 16.8 Å². The molecule has 0 radical (unpaired) electrons. The van der Waals surface area contributed by atoms with Gasteiger partial charge in [-0.3, -0.25) is 4.72 Å². The van der Waals surface area contributed by atoms with Crippen LogP contribution in [0.2, 0.25) is 0 Å².